The first-order chi connectivity index (χ1) is 7.63. The minimum absolute atomic E-state index is 0.00644. The molecule has 1 rings (SSSR count). The molecule has 90 valence electrons. The van der Waals surface area contributed by atoms with E-state index in [2.05, 4.69) is 38.1 Å². The number of rotatable bonds is 6. The van der Waals surface area contributed by atoms with Gasteiger partial charge in [-0.05, 0) is 30.4 Å². The normalized spacial score (nSPS) is 13.1. The molecule has 0 aliphatic rings. The Bertz CT molecular complexity index is 292. The topological polar surface area (TPSA) is 35.2 Å². The molecule has 0 heterocycles. The predicted octanol–water partition coefficient (Wildman–Crippen LogP) is 2.92. The number of hydrogen-bond acceptors (Lipinski definition) is 2. The Kier molecular flexibility index (Phi) is 5.50. The molecule has 16 heavy (non-hydrogen) atoms. The van der Waals surface area contributed by atoms with Crippen LogP contribution in [0.1, 0.15) is 37.9 Å². The van der Waals surface area contributed by atoms with Crippen LogP contribution in [0.3, 0.4) is 0 Å². The Labute approximate surface area is 98.8 Å². The standard InChI is InChI=1S/C14H23NO/c1-4-16-10-14(15)13-7-5-12(6-8-13)9-11(2)3/h5-8,11,14H,4,9-10,15H2,1-3H3. The van der Waals surface area contributed by atoms with Crippen molar-refractivity contribution in [3.8, 4) is 0 Å². The second-order valence-corrected chi connectivity index (χ2v) is 4.61. The van der Waals surface area contributed by atoms with Crippen molar-refractivity contribution in [2.75, 3.05) is 13.2 Å². The van der Waals surface area contributed by atoms with Gasteiger partial charge in [-0.15, -0.1) is 0 Å². The molecule has 2 heteroatoms. The lowest BCUT2D eigenvalue weighted by Crippen LogP contribution is -2.17. The largest absolute Gasteiger partial charge is 0.380 e. The van der Waals surface area contributed by atoms with E-state index in [1.165, 1.54) is 5.56 Å². The Morgan fingerprint density at radius 1 is 1.19 bits per heavy atom. The minimum Gasteiger partial charge on any atom is -0.380 e. The van der Waals surface area contributed by atoms with E-state index in [0.29, 0.717) is 12.5 Å². The molecule has 0 fully saturated rings. The lowest BCUT2D eigenvalue weighted by atomic mass is 10.00. The van der Waals surface area contributed by atoms with Gasteiger partial charge in [0.1, 0.15) is 0 Å². The molecule has 2 N–H and O–H groups in total. The van der Waals surface area contributed by atoms with Crippen molar-refractivity contribution in [1.82, 2.24) is 0 Å². The SMILES string of the molecule is CCOCC(N)c1ccc(CC(C)C)cc1. The monoisotopic (exact) mass is 221 g/mol. The van der Waals surface area contributed by atoms with Crippen LogP contribution >= 0.6 is 0 Å². The quantitative estimate of drug-likeness (QED) is 0.801. The van der Waals surface area contributed by atoms with Crippen LogP contribution in [0, 0.1) is 5.92 Å². The highest BCUT2D eigenvalue weighted by Gasteiger charge is 2.05. The summed E-state index contributed by atoms with van der Waals surface area (Å²) >= 11 is 0. The Morgan fingerprint density at radius 3 is 2.31 bits per heavy atom. The third-order valence-electron chi connectivity index (χ3n) is 2.55. The van der Waals surface area contributed by atoms with Gasteiger partial charge in [-0.25, -0.2) is 0 Å². The van der Waals surface area contributed by atoms with Crippen molar-refractivity contribution in [2.45, 2.75) is 33.2 Å². The van der Waals surface area contributed by atoms with Crippen LogP contribution in [0.25, 0.3) is 0 Å². The van der Waals surface area contributed by atoms with Crippen LogP contribution in [-0.2, 0) is 11.2 Å². The molecule has 0 bridgehead atoms. The van der Waals surface area contributed by atoms with Gasteiger partial charge < -0.3 is 10.5 Å². The molecular weight excluding hydrogens is 198 g/mol. The third-order valence-corrected chi connectivity index (χ3v) is 2.55. The molecule has 0 aromatic heterocycles. The number of nitrogens with two attached hydrogens (primary N) is 1. The third kappa shape index (κ3) is 4.33. The minimum atomic E-state index is -0.00644. The second kappa shape index (κ2) is 6.66. The summed E-state index contributed by atoms with van der Waals surface area (Å²) in [5.74, 6) is 0.697. The maximum atomic E-state index is 6.01. The zero-order chi connectivity index (χ0) is 12.0. The van der Waals surface area contributed by atoms with Gasteiger partial charge in [0.2, 0.25) is 0 Å². The maximum absolute atomic E-state index is 6.01. The summed E-state index contributed by atoms with van der Waals surface area (Å²) < 4.78 is 5.32. The Hall–Kier alpha value is -0.860. The van der Waals surface area contributed by atoms with Gasteiger partial charge in [0.15, 0.2) is 0 Å². The molecule has 0 aliphatic carbocycles. The molecule has 0 amide bonds. The molecule has 2 nitrogen and oxygen atoms in total. The lowest BCUT2D eigenvalue weighted by Gasteiger charge is -2.13. The summed E-state index contributed by atoms with van der Waals surface area (Å²) in [7, 11) is 0. The van der Waals surface area contributed by atoms with E-state index in [0.717, 1.165) is 18.6 Å². The molecule has 1 aromatic carbocycles. The average molecular weight is 221 g/mol. The highest BCUT2D eigenvalue weighted by molar-refractivity contribution is 5.25. The molecule has 1 atom stereocenters. The van der Waals surface area contributed by atoms with E-state index in [-0.39, 0.29) is 6.04 Å². The van der Waals surface area contributed by atoms with Crippen LogP contribution in [0.15, 0.2) is 24.3 Å². The van der Waals surface area contributed by atoms with Gasteiger partial charge >= 0.3 is 0 Å². The Morgan fingerprint density at radius 2 is 1.81 bits per heavy atom. The van der Waals surface area contributed by atoms with Crippen molar-refractivity contribution in [2.24, 2.45) is 11.7 Å². The van der Waals surface area contributed by atoms with Gasteiger partial charge in [0.05, 0.1) is 12.6 Å². The lowest BCUT2D eigenvalue weighted by molar-refractivity contribution is 0.133. The van der Waals surface area contributed by atoms with Crippen LogP contribution in [0.2, 0.25) is 0 Å². The van der Waals surface area contributed by atoms with Gasteiger partial charge in [0.25, 0.3) is 0 Å². The molecule has 0 saturated heterocycles. The maximum Gasteiger partial charge on any atom is 0.0659 e. The summed E-state index contributed by atoms with van der Waals surface area (Å²) in [5, 5.41) is 0. The summed E-state index contributed by atoms with van der Waals surface area (Å²) in [6.45, 7) is 7.76. The molecular formula is C14H23NO. The summed E-state index contributed by atoms with van der Waals surface area (Å²) in [5.41, 5.74) is 8.54. The molecule has 0 saturated carbocycles. The first-order valence-corrected chi connectivity index (χ1v) is 6.05. The zero-order valence-corrected chi connectivity index (χ0v) is 10.6. The fourth-order valence-corrected chi connectivity index (χ4v) is 1.71. The van der Waals surface area contributed by atoms with Crippen LogP contribution in [0.5, 0.6) is 0 Å². The van der Waals surface area contributed by atoms with Crippen LogP contribution in [0.4, 0.5) is 0 Å². The summed E-state index contributed by atoms with van der Waals surface area (Å²) in [6, 6.07) is 8.55. The van der Waals surface area contributed by atoms with Gasteiger partial charge in [0, 0.05) is 6.61 Å². The van der Waals surface area contributed by atoms with E-state index >= 15 is 0 Å². The van der Waals surface area contributed by atoms with Crippen molar-refractivity contribution < 1.29 is 4.74 Å². The van der Waals surface area contributed by atoms with Crippen molar-refractivity contribution in [3.63, 3.8) is 0 Å². The van der Waals surface area contributed by atoms with Crippen molar-refractivity contribution >= 4 is 0 Å². The van der Waals surface area contributed by atoms with Crippen LogP contribution in [-0.4, -0.2) is 13.2 Å². The number of ether oxygens (including phenoxy) is 1. The molecule has 1 unspecified atom stereocenters. The molecule has 0 aliphatic heterocycles. The summed E-state index contributed by atoms with van der Waals surface area (Å²) in [6.07, 6.45) is 1.13. The fourth-order valence-electron chi connectivity index (χ4n) is 1.71. The van der Waals surface area contributed by atoms with Gasteiger partial charge in [-0.1, -0.05) is 38.1 Å². The number of benzene rings is 1. The molecule has 0 radical (unpaired) electrons. The van der Waals surface area contributed by atoms with Crippen molar-refractivity contribution in [3.05, 3.63) is 35.4 Å². The molecule has 0 spiro atoms. The van der Waals surface area contributed by atoms with E-state index in [4.69, 9.17) is 10.5 Å². The fraction of sp³-hybridized carbons (Fsp3) is 0.571. The highest BCUT2D eigenvalue weighted by atomic mass is 16.5. The predicted molar refractivity (Wildman–Crippen MR) is 68.4 cm³/mol. The first-order valence-electron chi connectivity index (χ1n) is 6.05. The molecule has 1 aromatic rings. The van der Waals surface area contributed by atoms with E-state index < -0.39 is 0 Å². The average Bonchev–Trinajstić information content (AvgIpc) is 2.26. The van der Waals surface area contributed by atoms with E-state index in [1.54, 1.807) is 0 Å². The van der Waals surface area contributed by atoms with Gasteiger partial charge in [-0.2, -0.15) is 0 Å². The second-order valence-electron chi connectivity index (χ2n) is 4.61. The van der Waals surface area contributed by atoms with E-state index in [9.17, 15) is 0 Å². The summed E-state index contributed by atoms with van der Waals surface area (Å²) in [4.78, 5) is 0. The van der Waals surface area contributed by atoms with E-state index in [1.807, 2.05) is 6.92 Å². The first kappa shape index (κ1) is 13.2. The Balaban J connectivity index is 2.56. The van der Waals surface area contributed by atoms with Crippen LogP contribution < -0.4 is 5.73 Å². The smallest absolute Gasteiger partial charge is 0.0659 e. The van der Waals surface area contributed by atoms with Gasteiger partial charge in [-0.3, -0.25) is 0 Å². The van der Waals surface area contributed by atoms with Crippen molar-refractivity contribution in [1.29, 1.82) is 0 Å². The highest BCUT2D eigenvalue weighted by Crippen LogP contribution is 2.14. The zero-order valence-electron chi connectivity index (χ0n) is 10.6. The number of hydrogen-bond donors (Lipinski definition) is 1.